The predicted octanol–water partition coefficient (Wildman–Crippen LogP) is 1.52. The van der Waals surface area contributed by atoms with E-state index < -0.39 is 9.84 Å². The number of sulfone groups is 1. The molecular formula is C20H22N4O4S3. The maximum Gasteiger partial charge on any atom is 0.263 e. The van der Waals surface area contributed by atoms with Crippen molar-refractivity contribution in [2.45, 2.75) is 19.0 Å². The van der Waals surface area contributed by atoms with Crippen molar-refractivity contribution in [2.24, 2.45) is 0 Å². The number of hydrogen-bond donors (Lipinski definition) is 0. The number of thiophene rings is 2. The van der Waals surface area contributed by atoms with Gasteiger partial charge < -0.3 is 4.90 Å². The van der Waals surface area contributed by atoms with Gasteiger partial charge in [-0.05, 0) is 17.9 Å². The average Bonchev–Trinajstić information content (AvgIpc) is 3.49. The highest BCUT2D eigenvalue weighted by molar-refractivity contribution is 7.91. The molecule has 1 amide bonds. The van der Waals surface area contributed by atoms with Crippen LogP contribution >= 0.6 is 22.7 Å². The fourth-order valence-electron chi connectivity index (χ4n) is 4.34. The lowest BCUT2D eigenvalue weighted by atomic mass is 10.2. The highest BCUT2D eigenvalue weighted by Crippen LogP contribution is 2.33. The Hall–Kier alpha value is -2.08. The lowest BCUT2D eigenvalue weighted by Crippen LogP contribution is -2.53. The molecule has 5 rings (SSSR count). The zero-order valence-corrected chi connectivity index (χ0v) is 19.2. The van der Waals surface area contributed by atoms with Crippen molar-refractivity contribution in [1.82, 2.24) is 19.4 Å². The van der Waals surface area contributed by atoms with E-state index in [9.17, 15) is 18.0 Å². The Morgan fingerprint density at radius 2 is 2.00 bits per heavy atom. The number of rotatable bonds is 4. The molecule has 0 aliphatic carbocycles. The van der Waals surface area contributed by atoms with Gasteiger partial charge in [-0.3, -0.25) is 19.1 Å². The van der Waals surface area contributed by atoms with E-state index >= 15 is 0 Å². The van der Waals surface area contributed by atoms with Gasteiger partial charge in [0.1, 0.15) is 11.4 Å². The minimum Gasteiger partial charge on any atom is -0.339 e. The molecule has 5 heterocycles. The summed E-state index contributed by atoms with van der Waals surface area (Å²) in [5.41, 5.74) is 0.673. The van der Waals surface area contributed by atoms with Gasteiger partial charge in [-0.1, -0.05) is 6.07 Å². The van der Waals surface area contributed by atoms with Crippen LogP contribution < -0.4 is 5.56 Å². The third kappa shape index (κ3) is 4.07. The molecule has 3 aromatic rings. The smallest absolute Gasteiger partial charge is 0.263 e. The van der Waals surface area contributed by atoms with E-state index in [0.717, 1.165) is 10.4 Å². The fraction of sp³-hybridized carbons (Fsp3) is 0.450. The molecule has 0 N–H and O–H groups in total. The molecule has 11 heteroatoms. The van der Waals surface area contributed by atoms with Gasteiger partial charge in [0.25, 0.3) is 5.56 Å². The van der Waals surface area contributed by atoms with Crippen LogP contribution in [0.5, 0.6) is 0 Å². The van der Waals surface area contributed by atoms with Crippen LogP contribution in [0.15, 0.2) is 34.0 Å². The summed E-state index contributed by atoms with van der Waals surface area (Å²) in [4.78, 5) is 36.0. The standard InChI is InChI=1S/C20H22N4O4S3/c25-17(23-6-4-22(5-7-23)14-3-9-31(27,28)12-14)10-24-13-21-19-18(20(24)26)15(11-30-19)16-2-1-8-29-16/h1-2,8,11,13-14H,3-7,9-10,12H2. The van der Waals surface area contributed by atoms with Crippen molar-refractivity contribution >= 4 is 48.6 Å². The van der Waals surface area contributed by atoms with Crippen LogP contribution in [-0.4, -0.2) is 77.4 Å². The molecular weight excluding hydrogens is 456 g/mol. The van der Waals surface area contributed by atoms with Gasteiger partial charge in [0.15, 0.2) is 9.84 Å². The first-order chi connectivity index (χ1) is 14.9. The van der Waals surface area contributed by atoms with Gasteiger partial charge in [-0.2, -0.15) is 0 Å². The van der Waals surface area contributed by atoms with Crippen LogP contribution in [0.25, 0.3) is 20.7 Å². The highest BCUT2D eigenvalue weighted by Gasteiger charge is 2.34. The molecule has 3 aromatic heterocycles. The van der Waals surface area contributed by atoms with Gasteiger partial charge in [0.05, 0.1) is 23.2 Å². The molecule has 2 aliphatic rings. The molecule has 164 valence electrons. The van der Waals surface area contributed by atoms with E-state index in [0.29, 0.717) is 42.8 Å². The first-order valence-electron chi connectivity index (χ1n) is 10.1. The minimum absolute atomic E-state index is 0.0424. The Labute approximate surface area is 187 Å². The number of fused-ring (bicyclic) bond motifs is 1. The minimum atomic E-state index is -2.92. The second kappa shape index (κ2) is 8.12. The lowest BCUT2D eigenvalue weighted by Gasteiger charge is -2.37. The quantitative estimate of drug-likeness (QED) is 0.565. The average molecular weight is 479 g/mol. The second-order valence-electron chi connectivity index (χ2n) is 7.96. The maximum absolute atomic E-state index is 13.1. The third-order valence-corrected chi connectivity index (χ3v) is 9.58. The SMILES string of the molecule is O=C(Cn1cnc2scc(-c3cccs3)c2c1=O)N1CCN(C2CCS(=O)(=O)C2)CC1. The molecule has 0 aromatic carbocycles. The number of carbonyl (C=O) groups excluding carboxylic acids is 1. The van der Waals surface area contributed by atoms with E-state index in [1.807, 2.05) is 22.9 Å². The summed E-state index contributed by atoms with van der Waals surface area (Å²) in [6, 6.07) is 3.98. The van der Waals surface area contributed by atoms with Crippen molar-refractivity contribution in [3.63, 3.8) is 0 Å². The molecule has 0 radical (unpaired) electrons. The maximum atomic E-state index is 13.1. The van der Waals surface area contributed by atoms with Gasteiger partial charge in [0, 0.05) is 48.0 Å². The Kier molecular flexibility index (Phi) is 5.45. The first kappa shape index (κ1) is 20.8. The molecule has 8 nitrogen and oxygen atoms in total. The Bertz CT molecular complexity index is 1270. The number of aromatic nitrogens is 2. The molecule has 2 fully saturated rings. The number of piperazine rings is 1. The fourth-order valence-corrected chi connectivity index (χ4v) is 7.82. The largest absolute Gasteiger partial charge is 0.339 e. The summed E-state index contributed by atoms with van der Waals surface area (Å²) in [5, 5.41) is 4.48. The zero-order chi connectivity index (χ0) is 21.6. The molecule has 0 bridgehead atoms. The Morgan fingerprint density at radius 3 is 2.68 bits per heavy atom. The molecule has 2 aliphatic heterocycles. The van der Waals surface area contributed by atoms with Crippen molar-refractivity contribution in [1.29, 1.82) is 0 Å². The molecule has 1 unspecified atom stereocenters. The monoisotopic (exact) mass is 478 g/mol. The number of nitrogens with zero attached hydrogens (tertiary/aromatic N) is 4. The van der Waals surface area contributed by atoms with Gasteiger partial charge in [0.2, 0.25) is 5.91 Å². The Morgan fingerprint density at radius 1 is 1.19 bits per heavy atom. The Balaban J connectivity index is 1.28. The van der Waals surface area contributed by atoms with Gasteiger partial charge in [-0.25, -0.2) is 13.4 Å². The van der Waals surface area contributed by atoms with Gasteiger partial charge >= 0.3 is 0 Å². The summed E-state index contributed by atoms with van der Waals surface area (Å²) >= 11 is 3.00. The number of carbonyl (C=O) groups is 1. The van der Waals surface area contributed by atoms with Crippen LogP contribution in [0.2, 0.25) is 0 Å². The van der Waals surface area contributed by atoms with E-state index in [1.165, 1.54) is 22.2 Å². The van der Waals surface area contributed by atoms with Crippen LogP contribution in [0, 0.1) is 0 Å². The molecule has 0 spiro atoms. The van der Waals surface area contributed by atoms with Crippen LogP contribution in [0.4, 0.5) is 0 Å². The highest BCUT2D eigenvalue weighted by atomic mass is 32.2. The summed E-state index contributed by atoms with van der Waals surface area (Å²) < 4.78 is 24.9. The predicted molar refractivity (Wildman–Crippen MR) is 122 cm³/mol. The van der Waals surface area contributed by atoms with E-state index in [-0.39, 0.29) is 35.6 Å². The number of amides is 1. The summed E-state index contributed by atoms with van der Waals surface area (Å²) in [5.74, 6) is 0.357. The zero-order valence-electron chi connectivity index (χ0n) is 16.8. The van der Waals surface area contributed by atoms with E-state index in [4.69, 9.17) is 0 Å². The summed E-state index contributed by atoms with van der Waals surface area (Å²) in [6.07, 6.45) is 2.13. The number of hydrogen-bond acceptors (Lipinski definition) is 8. The van der Waals surface area contributed by atoms with Crippen LogP contribution in [0.1, 0.15) is 6.42 Å². The van der Waals surface area contributed by atoms with E-state index in [2.05, 4.69) is 9.88 Å². The normalized spacial score (nSPS) is 21.7. The third-order valence-electron chi connectivity index (χ3n) is 6.04. The molecule has 31 heavy (non-hydrogen) atoms. The van der Waals surface area contributed by atoms with E-state index in [1.54, 1.807) is 16.2 Å². The van der Waals surface area contributed by atoms with Crippen molar-refractivity contribution in [3.8, 4) is 10.4 Å². The van der Waals surface area contributed by atoms with Crippen LogP contribution in [-0.2, 0) is 21.2 Å². The molecule has 1 atom stereocenters. The summed E-state index contributed by atoms with van der Waals surface area (Å²) in [6.45, 7) is 2.35. The lowest BCUT2D eigenvalue weighted by molar-refractivity contribution is -0.133. The molecule has 2 saturated heterocycles. The van der Waals surface area contributed by atoms with Gasteiger partial charge in [-0.15, -0.1) is 22.7 Å². The topological polar surface area (TPSA) is 92.6 Å². The molecule has 0 saturated carbocycles. The second-order valence-corrected chi connectivity index (χ2v) is 12.0. The summed E-state index contributed by atoms with van der Waals surface area (Å²) in [7, 11) is -2.92. The van der Waals surface area contributed by atoms with Crippen molar-refractivity contribution in [2.75, 3.05) is 37.7 Å². The van der Waals surface area contributed by atoms with Crippen LogP contribution in [0.3, 0.4) is 0 Å². The van der Waals surface area contributed by atoms with Crippen molar-refractivity contribution < 1.29 is 13.2 Å². The van der Waals surface area contributed by atoms with Crippen molar-refractivity contribution in [3.05, 3.63) is 39.6 Å². The first-order valence-corrected chi connectivity index (χ1v) is 13.7.